The third-order valence-corrected chi connectivity index (χ3v) is 4.23. The van der Waals surface area contributed by atoms with Crippen molar-refractivity contribution < 1.29 is 0 Å². The molecule has 0 aliphatic heterocycles. The van der Waals surface area contributed by atoms with Gasteiger partial charge in [0.1, 0.15) is 5.65 Å². The predicted molar refractivity (Wildman–Crippen MR) is 98.8 cm³/mol. The highest BCUT2D eigenvalue weighted by Gasteiger charge is 2.08. The highest BCUT2D eigenvalue weighted by Crippen LogP contribution is 2.28. The predicted octanol–water partition coefficient (Wildman–Crippen LogP) is 5.21. The molecule has 24 heavy (non-hydrogen) atoms. The summed E-state index contributed by atoms with van der Waals surface area (Å²) in [5, 5.41) is 8.91. The summed E-state index contributed by atoms with van der Waals surface area (Å²) in [6.07, 6.45) is 1.96. The summed E-state index contributed by atoms with van der Waals surface area (Å²) in [4.78, 5) is 6.83. The maximum absolute atomic E-state index is 4.51. The van der Waals surface area contributed by atoms with Crippen molar-refractivity contribution in [2.24, 2.45) is 10.2 Å². The van der Waals surface area contributed by atoms with Crippen molar-refractivity contribution in [1.29, 1.82) is 0 Å². The number of imidazole rings is 1. The van der Waals surface area contributed by atoms with Crippen LogP contribution >= 0.6 is 0 Å². The molecule has 1 aromatic carbocycles. The number of aromatic nitrogens is 2. The van der Waals surface area contributed by atoms with E-state index in [1.165, 1.54) is 5.69 Å². The van der Waals surface area contributed by atoms with Crippen molar-refractivity contribution in [3.05, 3.63) is 53.9 Å². The first-order valence-electron chi connectivity index (χ1n) is 8.35. The van der Waals surface area contributed by atoms with E-state index in [1.54, 1.807) is 0 Å². The van der Waals surface area contributed by atoms with Crippen LogP contribution in [-0.4, -0.2) is 22.5 Å². The molecule has 124 valence electrons. The van der Waals surface area contributed by atoms with Crippen LogP contribution in [0.2, 0.25) is 0 Å². The Morgan fingerprint density at radius 1 is 1.04 bits per heavy atom. The number of benzene rings is 1. The monoisotopic (exact) mass is 321 g/mol. The van der Waals surface area contributed by atoms with Gasteiger partial charge in [-0.05, 0) is 63.6 Å². The lowest BCUT2D eigenvalue weighted by atomic mass is 10.1. The van der Waals surface area contributed by atoms with Gasteiger partial charge < -0.3 is 4.90 Å². The summed E-state index contributed by atoms with van der Waals surface area (Å²) in [5.74, 6) is 0.776. The lowest BCUT2D eigenvalue weighted by Gasteiger charge is -2.21. The third-order valence-electron chi connectivity index (χ3n) is 4.23. The second kappa shape index (κ2) is 6.83. The molecule has 0 bridgehead atoms. The van der Waals surface area contributed by atoms with Gasteiger partial charge in [0.25, 0.3) is 0 Å². The molecule has 2 heterocycles. The van der Waals surface area contributed by atoms with Crippen molar-refractivity contribution in [1.82, 2.24) is 9.38 Å². The summed E-state index contributed by atoms with van der Waals surface area (Å²) >= 11 is 0. The van der Waals surface area contributed by atoms with Crippen molar-refractivity contribution in [2.45, 2.75) is 27.7 Å². The molecule has 0 atom stereocenters. The second-order valence-corrected chi connectivity index (χ2v) is 5.79. The number of aryl methyl sites for hydroxylation is 2. The molecule has 0 saturated heterocycles. The van der Waals surface area contributed by atoms with Gasteiger partial charge >= 0.3 is 0 Å². The van der Waals surface area contributed by atoms with E-state index in [-0.39, 0.29) is 0 Å². The Kier molecular flexibility index (Phi) is 4.60. The normalized spacial score (nSPS) is 11.5. The Morgan fingerprint density at radius 2 is 1.83 bits per heavy atom. The Bertz CT molecular complexity index is 875. The average Bonchev–Trinajstić information content (AvgIpc) is 2.90. The molecular weight excluding hydrogens is 298 g/mol. The van der Waals surface area contributed by atoms with Gasteiger partial charge in [-0.3, -0.25) is 4.40 Å². The maximum Gasteiger partial charge on any atom is 0.182 e. The fourth-order valence-electron chi connectivity index (χ4n) is 2.86. The van der Waals surface area contributed by atoms with Gasteiger partial charge in [0.15, 0.2) is 5.82 Å². The lowest BCUT2D eigenvalue weighted by molar-refractivity contribution is 0.865. The molecule has 0 fully saturated rings. The Balaban J connectivity index is 1.93. The highest BCUT2D eigenvalue weighted by molar-refractivity contribution is 5.58. The van der Waals surface area contributed by atoms with E-state index in [0.717, 1.165) is 41.5 Å². The first-order chi connectivity index (χ1) is 11.6. The van der Waals surface area contributed by atoms with E-state index >= 15 is 0 Å². The van der Waals surface area contributed by atoms with Crippen LogP contribution in [0.3, 0.4) is 0 Å². The molecule has 0 saturated carbocycles. The minimum atomic E-state index is 0.776. The van der Waals surface area contributed by atoms with Crippen LogP contribution in [0.15, 0.2) is 52.8 Å². The van der Waals surface area contributed by atoms with E-state index in [0.29, 0.717) is 0 Å². The Labute approximate surface area is 142 Å². The van der Waals surface area contributed by atoms with Gasteiger partial charge in [-0.2, -0.15) is 0 Å². The minimum absolute atomic E-state index is 0.776. The van der Waals surface area contributed by atoms with E-state index in [4.69, 9.17) is 0 Å². The largest absolute Gasteiger partial charge is 0.372 e. The SMILES string of the molecule is CCN(CC)c1ccc(N=Nc2c(C)nc3ccccn23)c(C)c1. The molecule has 0 radical (unpaired) electrons. The minimum Gasteiger partial charge on any atom is -0.372 e. The van der Waals surface area contributed by atoms with Crippen molar-refractivity contribution in [3.8, 4) is 0 Å². The molecule has 5 nitrogen and oxygen atoms in total. The van der Waals surface area contributed by atoms with Gasteiger partial charge in [0, 0.05) is 25.0 Å². The molecule has 0 aliphatic carbocycles. The summed E-state index contributed by atoms with van der Waals surface area (Å²) < 4.78 is 1.96. The van der Waals surface area contributed by atoms with Crippen LogP contribution < -0.4 is 4.90 Å². The van der Waals surface area contributed by atoms with Crippen LogP contribution in [-0.2, 0) is 0 Å². The molecule has 3 rings (SSSR count). The smallest absolute Gasteiger partial charge is 0.182 e. The van der Waals surface area contributed by atoms with Gasteiger partial charge in [0.05, 0.1) is 11.4 Å². The molecule has 0 spiro atoms. The molecular formula is C19H23N5. The maximum atomic E-state index is 4.51. The molecule has 2 aromatic heterocycles. The average molecular weight is 321 g/mol. The zero-order chi connectivity index (χ0) is 17.1. The number of azo groups is 1. The van der Waals surface area contributed by atoms with E-state index in [2.05, 4.69) is 53.0 Å². The van der Waals surface area contributed by atoms with Crippen molar-refractivity contribution in [3.63, 3.8) is 0 Å². The number of rotatable bonds is 5. The number of nitrogens with zero attached hydrogens (tertiary/aromatic N) is 5. The first kappa shape index (κ1) is 16.2. The van der Waals surface area contributed by atoms with Crippen molar-refractivity contribution >= 4 is 22.8 Å². The fraction of sp³-hybridized carbons (Fsp3) is 0.316. The summed E-state index contributed by atoms with van der Waals surface area (Å²) in [6.45, 7) is 10.4. The van der Waals surface area contributed by atoms with E-state index in [1.807, 2.05) is 41.8 Å². The van der Waals surface area contributed by atoms with Crippen LogP contribution in [0, 0.1) is 13.8 Å². The number of pyridine rings is 1. The van der Waals surface area contributed by atoms with Gasteiger partial charge in [-0.15, -0.1) is 10.2 Å². The zero-order valence-electron chi connectivity index (χ0n) is 14.7. The van der Waals surface area contributed by atoms with Crippen LogP contribution in [0.4, 0.5) is 17.2 Å². The molecule has 0 N–H and O–H groups in total. The third kappa shape index (κ3) is 3.02. The second-order valence-electron chi connectivity index (χ2n) is 5.79. The number of fused-ring (bicyclic) bond motifs is 1. The van der Waals surface area contributed by atoms with Gasteiger partial charge in [-0.25, -0.2) is 4.98 Å². The van der Waals surface area contributed by atoms with Gasteiger partial charge in [-0.1, -0.05) is 6.07 Å². The number of hydrogen-bond acceptors (Lipinski definition) is 4. The Hall–Kier alpha value is -2.69. The molecule has 0 aliphatic rings. The van der Waals surface area contributed by atoms with E-state index < -0.39 is 0 Å². The van der Waals surface area contributed by atoms with Crippen LogP contribution in [0.1, 0.15) is 25.1 Å². The summed E-state index contributed by atoms with van der Waals surface area (Å²) in [5.41, 5.74) is 4.99. The first-order valence-corrected chi connectivity index (χ1v) is 8.35. The molecule has 0 amide bonds. The zero-order valence-corrected chi connectivity index (χ0v) is 14.7. The fourth-order valence-corrected chi connectivity index (χ4v) is 2.86. The van der Waals surface area contributed by atoms with Crippen molar-refractivity contribution in [2.75, 3.05) is 18.0 Å². The van der Waals surface area contributed by atoms with Crippen LogP contribution in [0.25, 0.3) is 5.65 Å². The highest BCUT2D eigenvalue weighted by atomic mass is 15.2. The standard InChI is InChI=1S/C19H23N5/c1-5-23(6-2)16-10-11-17(14(3)13-16)21-22-19-15(4)20-18-9-7-8-12-24(18)19/h7-13H,5-6H2,1-4H3. The van der Waals surface area contributed by atoms with Gasteiger partial charge in [0.2, 0.25) is 0 Å². The van der Waals surface area contributed by atoms with E-state index in [9.17, 15) is 0 Å². The lowest BCUT2D eigenvalue weighted by Crippen LogP contribution is -2.21. The summed E-state index contributed by atoms with van der Waals surface area (Å²) in [6, 6.07) is 12.2. The number of anilines is 1. The molecule has 5 heteroatoms. The Morgan fingerprint density at radius 3 is 2.54 bits per heavy atom. The summed E-state index contributed by atoms with van der Waals surface area (Å²) in [7, 11) is 0. The number of hydrogen-bond donors (Lipinski definition) is 0. The molecule has 3 aromatic rings. The topological polar surface area (TPSA) is 45.3 Å². The molecule has 0 unspecified atom stereocenters. The van der Waals surface area contributed by atoms with Crippen LogP contribution in [0.5, 0.6) is 0 Å². The quantitative estimate of drug-likeness (QED) is 0.605.